The van der Waals surface area contributed by atoms with E-state index in [0.717, 1.165) is 22.3 Å². The van der Waals surface area contributed by atoms with Crippen molar-refractivity contribution < 1.29 is 19.0 Å². The average molecular weight is 377 g/mol. The Balaban J connectivity index is 1.75. The topological polar surface area (TPSA) is 74.6 Å². The molecule has 3 heterocycles. The van der Waals surface area contributed by atoms with E-state index in [1.54, 1.807) is 6.92 Å². The van der Waals surface area contributed by atoms with Crippen LogP contribution in [-0.2, 0) is 9.53 Å². The fraction of sp³-hybridized carbons (Fsp3) is 0.238. The van der Waals surface area contributed by atoms with E-state index in [1.807, 2.05) is 54.0 Å². The second-order valence-electron chi connectivity index (χ2n) is 6.69. The lowest BCUT2D eigenvalue weighted by Gasteiger charge is -2.30. The Morgan fingerprint density at radius 2 is 2.07 bits per heavy atom. The van der Waals surface area contributed by atoms with Crippen molar-refractivity contribution in [2.24, 2.45) is 0 Å². The first-order chi connectivity index (χ1) is 13.7. The van der Waals surface area contributed by atoms with Crippen LogP contribution in [0.1, 0.15) is 25.5 Å². The molecule has 142 valence electrons. The zero-order chi connectivity index (χ0) is 19.3. The van der Waals surface area contributed by atoms with Crippen molar-refractivity contribution in [2.45, 2.75) is 19.9 Å². The minimum absolute atomic E-state index is 0.198. The number of anilines is 1. The number of benzene rings is 2. The van der Waals surface area contributed by atoms with Crippen LogP contribution in [0.5, 0.6) is 11.5 Å². The Hall–Kier alpha value is -3.48. The molecule has 5 rings (SSSR count). The molecule has 0 spiro atoms. The smallest absolute Gasteiger partial charge is 0.338 e. The van der Waals surface area contributed by atoms with Gasteiger partial charge in [-0.1, -0.05) is 18.2 Å². The number of nitrogens with zero attached hydrogens (tertiary/aromatic N) is 2. The lowest BCUT2D eigenvalue weighted by molar-refractivity contribution is -0.139. The number of hydrogen-bond donors (Lipinski definition) is 1. The Bertz CT molecular complexity index is 1130. The van der Waals surface area contributed by atoms with Crippen LogP contribution in [0.4, 0.5) is 5.95 Å². The quantitative estimate of drug-likeness (QED) is 0.703. The van der Waals surface area contributed by atoms with Crippen LogP contribution in [0.15, 0.2) is 53.7 Å². The molecule has 0 bridgehead atoms. The van der Waals surface area contributed by atoms with Gasteiger partial charge in [0.05, 0.1) is 29.3 Å². The highest BCUT2D eigenvalue weighted by Gasteiger charge is 2.35. The molecule has 2 aromatic carbocycles. The number of carbonyl (C=O) groups is 1. The fourth-order valence-corrected chi connectivity index (χ4v) is 3.84. The Morgan fingerprint density at radius 1 is 1.25 bits per heavy atom. The van der Waals surface area contributed by atoms with Gasteiger partial charge in [-0.25, -0.2) is 9.78 Å². The molecule has 3 aromatic rings. The first-order valence-electron chi connectivity index (χ1n) is 9.18. The van der Waals surface area contributed by atoms with Crippen molar-refractivity contribution in [2.75, 3.05) is 18.7 Å². The zero-order valence-electron chi connectivity index (χ0n) is 15.6. The number of carbonyl (C=O) groups excluding carboxylic acids is 1. The predicted molar refractivity (Wildman–Crippen MR) is 103 cm³/mol. The van der Waals surface area contributed by atoms with Crippen LogP contribution in [0.2, 0.25) is 0 Å². The second-order valence-corrected chi connectivity index (χ2v) is 6.69. The third-order valence-corrected chi connectivity index (χ3v) is 5.04. The van der Waals surface area contributed by atoms with E-state index in [4.69, 9.17) is 19.2 Å². The molecule has 7 heteroatoms. The number of imidazole rings is 1. The van der Waals surface area contributed by atoms with E-state index in [1.165, 1.54) is 0 Å². The number of ether oxygens (including phenoxy) is 3. The molecule has 0 saturated carbocycles. The SMILES string of the molecule is CCOC(=O)C1=C(C)Nc2nc3ccccc3n2C1c1ccc2c(c1)OCO2. The summed E-state index contributed by atoms with van der Waals surface area (Å²) >= 11 is 0. The second kappa shape index (κ2) is 6.30. The molecule has 1 N–H and O–H groups in total. The van der Waals surface area contributed by atoms with Crippen LogP contribution in [0.25, 0.3) is 11.0 Å². The summed E-state index contributed by atoms with van der Waals surface area (Å²) < 4.78 is 18.4. The zero-order valence-corrected chi connectivity index (χ0v) is 15.6. The van der Waals surface area contributed by atoms with Crippen LogP contribution >= 0.6 is 0 Å². The summed E-state index contributed by atoms with van der Waals surface area (Å²) in [5.74, 6) is 1.71. The van der Waals surface area contributed by atoms with Gasteiger partial charge in [-0.2, -0.15) is 0 Å². The first kappa shape index (κ1) is 16.7. The number of allylic oxidation sites excluding steroid dienone is 1. The third-order valence-electron chi connectivity index (χ3n) is 5.04. The van der Waals surface area contributed by atoms with Crippen molar-refractivity contribution in [3.05, 3.63) is 59.3 Å². The van der Waals surface area contributed by atoms with Gasteiger partial charge in [-0.05, 0) is 43.7 Å². The predicted octanol–water partition coefficient (Wildman–Crippen LogP) is 3.62. The van der Waals surface area contributed by atoms with E-state index in [9.17, 15) is 4.79 Å². The normalized spacial score (nSPS) is 17.4. The first-order valence-corrected chi connectivity index (χ1v) is 9.18. The summed E-state index contributed by atoms with van der Waals surface area (Å²) in [7, 11) is 0. The van der Waals surface area contributed by atoms with Crippen molar-refractivity contribution >= 4 is 23.0 Å². The Labute approximate surface area is 161 Å². The maximum atomic E-state index is 12.9. The standard InChI is InChI=1S/C21H19N3O4/c1-3-26-20(25)18-12(2)22-21-23-14-6-4-5-7-15(14)24(21)19(18)13-8-9-16-17(10-13)28-11-27-16/h4-10,19H,3,11H2,1-2H3,(H,22,23). The van der Waals surface area contributed by atoms with Crippen LogP contribution < -0.4 is 14.8 Å². The molecule has 1 aromatic heterocycles. The molecule has 0 fully saturated rings. The maximum absolute atomic E-state index is 12.9. The number of fused-ring (bicyclic) bond motifs is 4. The van der Waals surface area contributed by atoms with E-state index >= 15 is 0 Å². The molecule has 2 aliphatic rings. The van der Waals surface area contributed by atoms with Crippen molar-refractivity contribution in [1.29, 1.82) is 0 Å². The molecular formula is C21H19N3O4. The van der Waals surface area contributed by atoms with Crippen LogP contribution in [0, 0.1) is 0 Å². The Kier molecular flexibility index (Phi) is 3.75. The highest BCUT2D eigenvalue weighted by atomic mass is 16.7. The van der Waals surface area contributed by atoms with Gasteiger partial charge in [0.1, 0.15) is 0 Å². The van der Waals surface area contributed by atoms with Gasteiger partial charge in [0.2, 0.25) is 12.7 Å². The average Bonchev–Trinajstić information content (AvgIpc) is 3.30. The van der Waals surface area contributed by atoms with E-state index < -0.39 is 6.04 Å². The number of aromatic nitrogens is 2. The van der Waals surface area contributed by atoms with Crippen molar-refractivity contribution in [3.8, 4) is 11.5 Å². The van der Waals surface area contributed by atoms with Gasteiger partial charge in [0.25, 0.3) is 0 Å². The van der Waals surface area contributed by atoms with Crippen LogP contribution in [-0.4, -0.2) is 28.9 Å². The van der Waals surface area contributed by atoms with Gasteiger partial charge in [-0.15, -0.1) is 0 Å². The molecule has 1 atom stereocenters. The minimum atomic E-state index is -0.391. The molecule has 7 nitrogen and oxygen atoms in total. The number of para-hydroxylation sites is 2. The largest absolute Gasteiger partial charge is 0.463 e. The maximum Gasteiger partial charge on any atom is 0.338 e. The highest BCUT2D eigenvalue weighted by Crippen LogP contribution is 2.42. The molecule has 0 radical (unpaired) electrons. The molecule has 0 amide bonds. The number of hydrogen-bond acceptors (Lipinski definition) is 6. The summed E-state index contributed by atoms with van der Waals surface area (Å²) in [5.41, 5.74) is 3.97. The van der Waals surface area contributed by atoms with Gasteiger partial charge in [0.15, 0.2) is 11.5 Å². The molecule has 1 unspecified atom stereocenters. The van der Waals surface area contributed by atoms with Gasteiger partial charge >= 0.3 is 5.97 Å². The fourth-order valence-electron chi connectivity index (χ4n) is 3.84. The van der Waals surface area contributed by atoms with E-state index in [-0.39, 0.29) is 12.8 Å². The lowest BCUT2D eigenvalue weighted by atomic mass is 9.94. The molecular weight excluding hydrogens is 358 g/mol. The molecule has 2 aliphatic heterocycles. The van der Waals surface area contributed by atoms with Gasteiger partial charge in [-0.3, -0.25) is 4.57 Å². The summed E-state index contributed by atoms with van der Waals surface area (Å²) in [6, 6.07) is 13.2. The highest BCUT2D eigenvalue weighted by molar-refractivity contribution is 5.94. The minimum Gasteiger partial charge on any atom is -0.463 e. The van der Waals surface area contributed by atoms with E-state index in [0.29, 0.717) is 29.6 Å². The summed E-state index contributed by atoms with van der Waals surface area (Å²) in [6.45, 7) is 4.18. The Morgan fingerprint density at radius 3 is 2.93 bits per heavy atom. The lowest BCUT2D eigenvalue weighted by Crippen LogP contribution is -2.29. The molecule has 0 aliphatic carbocycles. The number of esters is 1. The van der Waals surface area contributed by atoms with Crippen molar-refractivity contribution in [3.63, 3.8) is 0 Å². The monoisotopic (exact) mass is 377 g/mol. The summed E-state index contributed by atoms with van der Waals surface area (Å²) in [4.78, 5) is 17.6. The summed E-state index contributed by atoms with van der Waals surface area (Å²) in [6.07, 6.45) is 0. The molecule has 0 saturated heterocycles. The number of nitrogens with one attached hydrogen (secondary N) is 1. The molecule has 28 heavy (non-hydrogen) atoms. The van der Waals surface area contributed by atoms with Crippen LogP contribution in [0.3, 0.4) is 0 Å². The van der Waals surface area contributed by atoms with Crippen molar-refractivity contribution in [1.82, 2.24) is 9.55 Å². The summed E-state index contributed by atoms with van der Waals surface area (Å²) in [5, 5.41) is 3.27. The van der Waals surface area contributed by atoms with Gasteiger partial charge in [0, 0.05) is 5.70 Å². The van der Waals surface area contributed by atoms with Gasteiger partial charge < -0.3 is 19.5 Å². The van der Waals surface area contributed by atoms with E-state index in [2.05, 4.69) is 5.32 Å². The number of rotatable bonds is 3. The third kappa shape index (κ3) is 2.43.